The van der Waals surface area contributed by atoms with E-state index in [9.17, 15) is 16.8 Å². The normalized spacial score (nSPS) is 13.3. The monoisotopic (exact) mass is 540 g/mol. The van der Waals surface area contributed by atoms with Crippen molar-refractivity contribution in [3.63, 3.8) is 0 Å². The molecule has 0 fully saturated rings. The molecule has 2 aromatic carbocycles. The third-order valence-corrected chi connectivity index (χ3v) is 8.84. The zero-order valence-corrected chi connectivity index (χ0v) is 22.0. The van der Waals surface area contributed by atoms with Gasteiger partial charge in [0.15, 0.2) is 0 Å². The van der Waals surface area contributed by atoms with Crippen molar-refractivity contribution in [2.24, 2.45) is 5.92 Å². The summed E-state index contributed by atoms with van der Waals surface area (Å²) in [7, 11) is -7.48. The van der Waals surface area contributed by atoms with Crippen molar-refractivity contribution in [1.82, 2.24) is 4.72 Å². The molecule has 0 aromatic heterocycles. The Morgan fingerprint density at radius 2 is 1.50 bits per heavy atom. The lowest BCUT2D eigenvalue weighted by molar-refractivity contribution is 0.550. The first kappa shape index (κ1) is 27.2. The highest BCUT2D eigenvalue weighted by Gasteiger charge is 2.31. The van der Waals surface area contributed by atoms with Crippen LogP contribution in [0, 0.1) is 5.92 Å². The summed E-state index contributed by atoms with van der Waals surface area (Å²) in [4.78, 5) is 0.0380. The first-order valence-corrected chi connectivity index (χ1v) is 14.3. The van der Waals surface area contributed by atoms with Gasteiger partial charge in [0.05, 0.1) is 21.4 Å². The summed E-state index contributed by atoms with van der Waals surface area (Å²) in [6, 6.07) is 9.79. The second-order valence-corrected chi connectivity index (χ2v) is 12.9. The van der Waals surface area contributed by atoms with E-state index >= 15 is 0 Å². The summed E-state index contributed by atoms with van der Waals surface area (Å²) < 4.78 is 55.3. The van der Waals surface area contributed by atoms with Crippen molar-refractivity contribution in [3.05, 3.63) is 57.5 Å². The second-order valence-electron chi connectivity index (χ2n) is 7.90. The Labute approximate surface area is 206 Å². The van der Waals surface area contributed by atoms with E-state index in [4.69, 9.17) is 34.8 Å². The molecule has 11 heteroatoms. The van der Waals surface area contributed by atoms with Gasteiger partial charge in [-0.1, -0.05) is 48.7 Å². The number of hydrogen-bond donors (Lipinski definition) is 1. The van der Waals surface area contributed by atoms with E-state index in [1.807, 2.05) is 13.8 Å². The van der Waals surface area contributed by atoms with Gasteiger partial charge in [0.25, 0.3) is 10.0 Å². The fourth-order valence-electron chi connectivity index (χ4n) is 3.03. The number of hydrogen-bond acceptors (Lipinski definition) is 4. The molecule has 0 aliphatic rings. The van der Waals surface area contributed by atoms with Gasteiger partial charge < -0.3 is 0 Å². The van der Waals surface area contributed by atoms with Crippen LogP contribution in [0.3, 0.4) is 0 Å². The summed E-state index contributed by atoms with van der Waals surface area (Å²) >= 11 is 18.4. The lowest BCUT2D eigenvalue weighted by atomic mass is 10.2. The molecule has 0 spiro atoms. The van der Waals surface area contributed by atoms with Crippen LogP contribution >= 0.6 is 34.8 Å². The van der Waals surface area contributed by atoms with Crippen LogP contribution in [-0.2, 0) is 20.0 Å². The fraction of sp³-hybridized carbons (Fsp3) is 0.429. The van der Waals surface area contributed by atoms with E-state index in [2.05, 4.69) is 4.72 Å². The molecule has 0 bridgehead atoms. The lowest BCUT2D eigenvalue weighted by Crippen LogP contribution is -2.39. The summed E-state index contributed by atoms with van der Waals surface area (Å²) in [5, 5.41) is 0.946. The van der Waals surface area contributed by atoms with Crippen molar-refractivity contribution in [2.45, 2.75) is 44.6 Å². The molecular formula is C21H27Cl3N2O4S2. The molecule has 2 aromatic rings. The van der Waals surface area contributed by atoms with E-state index in [1.54, 1.807) is 13.0 Å². The number of anilines is 1. The van der Waals surface area contributed by atoms with Crippen LogP contribution < -0.4 is 9.03 Å². The number of halogens is 3. The predicted molar refractivity (Wildman–Crippen MR) is 133 cm³/mol. The van der Waals surface area contributed by atoms with E-state index in [0.29, 0.717) is 16.6 Å². The minimum atomic E-state index is -4.03. The topological polar surface area (TPSA) is 83.6 Å². The van der Waals surface area contributed by atoms with Gasteiger partial charge in [0, 0.05) is 22.6 Å². The molecule has 32 heavy (non-hydrogen) atoms. The Balaban J connectivity index is 2.33. The SMILES string of the molecule is CC(C)CNS(=O)(=O)CCC[C@@H](C)N(c1cc(Cl)ccc1Cl)S(=O)(=O)c1ccc(Cl)cc1. The van der Waals surface area contributed by atoms with Crippen LogP contribution in [-0.4, -0.2) is 35.2 Å². The highest BCUT2D eigenvalue weighted by molar-refractivity contribution is 7.93. The molecule has 0 radical (unpaired) electrons. The standard InChI is InChI=1S/C21H27Cl3N2O4S2/c1-15(2)14-25-31(27,28)12-4-5-16(3)26(21-13-18(23)8-11-20(21)24)32(29,30)19-9-6-17(22)7-10-19/h6-11,13,15-16,25H,4-5,12,14H2,1-3H3/t16-/m1/s1. The van der Waals surface area contributed by atoms with Gasteiger partial charge in [-0.25, -0.2) is 21.6 Å². The van der Waals surface area contributed by atoms with E-state index in [0.717, 1.165) is 0 Å². The first-order chi connectivity index (χ1) is 14.8. The summed E-state index contributed by atoms with van der Waals surface area (Å²) in [6.45, 7) is 5.89. The summed E-state index contributed by atoms with van der Waals surface area (Å²) in [6.07, 6.45) is 0.553. The number of benzene rings is 2. The Morgan fingerprint density at radius 3 is 2.09 bits per heavy atom. The number of rotatable bonds is 11. The van der Waals surface area contributed by atoms with Crippen LogP contribution in [0.25, 0.3) is 0 Å². The van der Waals surface area contributed by atoms with Crippen LogP contribution in [0.15, 0.2) is 47.4 Å². The number of nitrogens with one attached hydrogen (secondary N) is 1. The molecule has 1 atom stereocenters. The molecule has 0 aliphatic carbocycles. The Bertz CT molecular complexity index is 1120. The highest BCUT2D eigenvalue weighted by atomic mass is 35.5. The van der Waals surface area contributed by atoms with E-state index < -0.39 is 26.1 Å². The van der Waals surface area contributed by atoms with Crippen molar-refractivity contribution < 1.29 is 16.8 Å². The lowest BCUT2D eigenvalue weighted by Gasteiger charge is -2.31. The Kier molecular flexibility index (Phi) is 9.70. The molecule has 0 saturated carbocycles. The van der Waals surface area contributed by atoms with Gasteiger partial charge >= 0.3 is 0 Å². The third kappa shape index (κ3) is 7.50. The van der Waals surface area contributed by atoms with Gasteiger partial charge in [-0.2, -0.15) is 0 Å². The molecular weight excluding hydrogens is 515 g/mol. The fourth-order valence-corrected chi connectivity index (χ4v) is 6.56. The average molecular weight is 542 g/mol. The zero-order chi connectivity index (χ0) is 24.1. The number of nitrogens with zero attached hydrogens (tertiary/aromatic N) is 1. The summed E-state index contributed by atoms with van der Waals surface area (Å²) in [5.74, 6) is 0.0796. The number of sulfonamides is 2. The van der Waals surface area contributed by atoms with Crippen LogP contribution in [0.5, 0.6) is 0 Å². The maximum Gasteiger partial charge on any atom is 0.264 e. The van der Waals surface area contributed by atoms with Crippen molar-refractivity contribution in [3.8, 4) is 0 Å². The van der Waals surface area contributed by atoms with Crippen molar-refractivity contribution >= 4 is 60.5 Å². The second kappa shape index (κ2) is 11.4. The highest BCUT2D eigenvalue weighted by Crippen LogP contribution is 2.35. The van der Waals surface area contributed by atoms with Crippen molar-refractivity contribution in [1.29, 1.82) is 0 Å². The molecule has 2 rings (SSSR count). The van der Waals surface area contributed by atoms with Crippen molar-refractivity contribution in [2.75, 3.05) is 16.6 Å². The van der Waals surface area contributed by atoms with E-state index in [1.165, 1.54) is 40.7 Å². The van der Waals surface area contributed by atoms with Gasteiger partial charge in [0.2, 0.25) is 10.0 Å². The molecule has 178 valence electrons. The molecule has 0 aliphatic heterocycles. The van der Waals surface area contributed by atoms with E-state index in [-0.39, 0.29) is 40.1 Å². The van der Waals surface area contributed by atoms with Crippen LogP contribution in [0.2, 0.25) is 15.1 Å². The third-order valence-electron chi connectivity index (χ3n) is 4.66. The predicted octanol–water partition coefficient (Wildman–Crippen LogP) is 5.59. The van der Waals surface area contributed by atoms with Gasteiger partial charge in [-0.3, -0.25) is 4.31 Å². The van der Waals surface area contributed by atoms with Crippen LogP contribution in [0.4, 0.5) is 5.69 Å². The smallest absolute Gasteiger partial charge is 0.262 e. The Hall–Kier alpha value is -1.03. The zero-order valence-electron chi connectivity index (χ0n) is 18.1. The summed E-state index contributed by atoms with van der Waals surface area (Å²) in [5.41, 5.74) is 0.224. The Morgan fingerprint density at radius 1 is 0.906 bits per heavy atom. The average Bonchev–Trinajstić information content (AvgIpc) is 2.69. The van der Waals surface area contributed by atoms with Gasteiger partial charge in [-0.05, 0) is 68.1 Å². The van der Waals surface area contributed by atoms with Gasteiger partial charge in [0.1, 0.15) is 0 Å². The molecule has 0 unspecified atom stereocenters. The minimum absolute atomic E-state index is 0.0380. The maximum absolute atomic E-state index is 13.5. The van der Waals surface area contributed by atoms with Crippen LogP contribution in [0.1, 0.15) is 33.6 Å². The largest absolute Gasteiger partial charge is 0.264 e. The molecule has 1 N–H and O–H groups in total. The molecule has 6 nitrogen and oxygen atoms in total. The van der Waals surface area contributed by atoms with Gasteiger partial charge in [-0.15, -0.1) is 0 Å². The first-order valence-electron chi connectivity index (χ1n) is 10.1. The molecule has 0 heterocycles. The molecule has 0 amide bonds. The minimum Gasteiger partial charge on any atom is -0.262 e. The molecule has 0 saturated heterocycles. The maximum atomic E-state index is 13.5. The quantitative estimate of drug-likeness (QED) is 0.402.